The maximum absolute atomic E-state index is 12.6. The van der Waals surface area contributed by atoms with E-state index in [-0.39, 0.29) is 38.6 Å². The summed E-state index contributed by atoms with van der Waals surface area (Å²) < 4.78 is 17.1. The number of rotatable bonds is 3. The Labute approximate surface area is 158 Å². The third kappa shape index (κ3) is 7.22. The van der Waals surface area contributed by atoms with Crippen molar-refractivity contribution in [3.8, 4) is 5.75 Å². The van der Waals surface area contributed by atoms with Gasteiger partial charge in [-0.15, -0.1) is 40.8 Å². The largest absolute Gasteiger partial charge is 0.629 e. The molecule has 0 saturated heterocycles. The Hall–Kier alpha value is -0.435. The molecule has 0 bridgehead atoms. The van der Waals surface area contributed by atoms with Crippen LogP contribution >= 0.6 is 35.4 Å². The molecule has 0 aromatic heterocycles. The second kappa shape index (κ2) is 11.2. The topological polar surface area (TPSA) is 49.7 Å². The first kappa shape index (κ1) is 21.6. The smallest absolute Gasteiger partial charge is 0.413 e. The van der Waals surface area contributed by atoms with Crippen molar-refractivity contribution in [1.82, 2.24) is 0 Å². The van der Waals surface area contributed by atoms with E-state index in [4.69, 9.17) is 33.2 Å². The molecule has 0 heterocycles. The molecule has 0 spiro atoms. The molecule has 2 aromatic carbocycles. The number of benzene rings is 2. The van der Waals surface area contributed by atoms with E-state index in [9.17, 15) is 4.39 Å². The summed E-state index contributed by atoms with van der Waals surface area (Å²) in [6.45, 7) is 0. The molecule has 0 unspecified atom stereocenters. The Bertz CT molecular complexity index is 620. The molecule has 0 saturated carbocycles. The van der Waals surface area contributed by atoms with Crippen molar-refractivity contribution >= 4 is 53.6 Å². The van der Waals surface area contributed by atoms with Gasteiger partial charge in [-0.2, -0.15) is 24.4 Å². The molecule has 2 N–H and O–H groups in total. The zero-order valence-corrected chi connectivity index (χ0v) is 15.2. The van der Waals surface area contributed by atoms with Gasteiger partial charge in [-0.05, 0) is 11.6 Å². The monoisotopic (exact) mass is 541 g/mol. The Balaban J connectivity index is 0.000000385. The minimum absolute atomic E-state index is 0. The summed E-state index contributed by atoms with van der Waals surface area (Å²) in [6.07, 6.45) is 0. The fourth-order valence-corrected chi connectivity index (χ4v) is 1.79. The fraction of sp³-hybridized carbons (Fsp3) is 0. The molecule has 121 valence electrons. The van der Waals surface area contributed by atoms with Crippen molar-refractivity contribution in [2.24, 2.45) is 0 Å². The van der Waals surface area contributed by atoms with E-state index in [0.717, 1.165) is 0 Å². The van der Waals surface area contributed by atoms with Crippen LogP contribution in [0, 0.1) is 11.9 Å². The second-order valence-electron chi connectivity index (χ2n) is 3.57. The summed E-state index contributed by atoms with van der Waals surface area (Å²) >= 11 is 15.4. The predicted octanol–water partition coefficient (Wildman–Crippen LogP) is 2.51. The molecule has 0 aliphatic rings. The summed E-state index contributed by atoms with van der Waals surface area (Å²) in [7, 11) is -1.57. The molecule has 22 heavy (non-hydrogen) atoms. The van der Waals surface area contributed by atoms with Gasteiger partial charge in [0.1, 0.15) is 0 Å². The van der Waals surface area contributed by atoms with E-state index in [1.807, 2.05) is 5.55 Å². The molecule has 0 atom stereocenters. The summed E-state index contributed by atoms with van der Waals surface area (Å²) in [5, 5.41) is 18.0. The van der Waals surface area contributed by atoms with Crippen LogP contribution in [-0.4, -0.2) is 22.7 Å². The maximum Gasteiger partial charge on any atom is 0.413 e. The molecule has 2 rings (SSSR count). The number of thiocarbonyl (C=S) groups is 1. The van der Waals surface area contributed by atoms with Gasteiger partial charge in [0, 0.05) is 28.1 Å². The van der Waals surface area contributed by atoms with E-state index < -0.39 is 12.9 Å². The molecule has 0 fully saturated rings. The fourth-order valence-electron chi connectivity index (χ4n) is 1.22. The molecule has 9 heteroatoms. The Morgan fingerprint density at radius 3 is 2.41 bits per heavy atom. The number of hydrogen-bond donors (Lipinski definition) is 2. The van der Waals surface area contributed by atoms with E-state index >= 15 is 0 Å². The Kier molecular flexibility index (Phi) is 10.9. The molecular weight excluding hydrogens is 534 g/mol. The minimum Gasteiger partial charge on any atom is -0.629 e. The summed E-state index contributed by atoms with van der Waals surface area (Å²) in [5.41, 5.74) is 2.17. The summed E-state index contributed by atoms with van der Waals surface area (Å²) in [4.78, 5) is 0. The SMILES string of the molecule is Fc1ccccc1O[C-]=S.OB(O)c1c[c-]c(Cl)cc1Cl.[Au]. The number of halogens is 3. The van der Waals surface area contributed by atoms with Crippen LogP contribution < -0.4 is 10.2 Å². The Morgan fingerprint density at radius 2 is 1.91 bits per heavy atom. The van der Waals surface area contributed by atoms with Gasteiger partial charge in [0.15, 0.2) is 0 Å². The summed E-state index contributed by atoms with van der Waals surface area (Å²) in [6, 6.07) is 11.3. The molecule has 1 radical (unpaired) electrons. The van der Waals surface area contributed by atoms with Crippen molar-refractivity contribution in [2.75, 3.05) is 0 Å². The van der Waals surface area contributed by atoms with Crippen molar-refractivity contribution in [3.63, 3.8) is 0 Å². The van der Waals surface area contributed by atoms with Crippen LogP contribution in [0.2, 0.25) is 10.0 Å². The van der Waals surface area contributed by atoms with Crippen LogP contribution in [-0.2, 0) is 22.4 Å². The third-order valence-corrected chi connectivity index (χ3v) is 2.79. The average molecular weight is 542 g/mol. The van der Waals surface area contributed by atoms with Gasteiger partial charge in [-0.1, -0.05) is 22.2 Å². The van der Waals surface area contributed by atoms with E-state index in [1.165, 1.54) is 24.3 Å². The first-order valence-electron chi connectivity index (χ1n) is 5.47. The third-order valence-electron chi connectivity index (χ3n) is 2.16. The van der Waals surface area contributed by atoms with Crippen LogP contribution in [0.3, 0.4) is 0 Å². The first-order valence-corrected chi connectivity index (χ1v) is 6.63. The number of hydrogen-bond acceptors (Lipinski definition) is 4. The van der Waals surface area contributed by atoms with Crippen LogP contribution in [0.4, 0.5) is 4.39 Å². The van der Waals surface area contributed by atoms with Gasteiger partial charge in [-0.3, -0.25) is 0 Å². The predicted molar refractivity (Wildman–Crippen MR) is 84.7 cm³/mol. The van der Waals surface area contributed by atoms with Gasteiger partial charge in [0.2, 0.25) is 0 Å². The molecule has 3 nitrogen and oxygen atoms in total. The Morgan fingerprint density at radius 1 is 1.27 bits per heavy atom. The van der Waals surface area contributed by atoms with E-state index in [2.05, 4.69) is 23.0 Å². The van der Waals surface area contributed by atoms with E-state index in [0.29, 0.717) is 5.02 Å². The summed E-state index contributed by atoms with van der Waals surface area (Å²) in [5.74, 6) is -0.322. The quantitative estimate of drug-likeness (QED) is 0.356. The van der Waals surface area contributed by atoms with Crippen molar-refractivity contribution < 1.29 is 41.6 Å². The van der Waals surface area contributed by atoms with Crippen LogP contribution in [0.1, 0.15) is 0 Å². The molecule has 0 aliphatic carbocycles. The van der Waals surface area contributed by atoms with Gasteiger partial charge in [0.25, 0.3) is 0 Å². The van der Waals surface area contributed by atoms with Gasteiger partial charge >= 0.3 is 7.12 Å². The zero-order chi connectivity index (χ0) is 15.8. The maximum atomic E-state index is 12.6. The second-order valence-corrected chi connectivity index (χ2v) is 4.55. The number of ether oxygens (including phenoxy) is 1. The molecular formula is C13H8AuBCl2FO3S-2. The van der Waals surface area contributed by atoms with Crippen molar-refractivity contribution in [3.05, 3.63) is 58.3 Å². The first-order chi connectivity index (χ1) is 9.95. The molecule has 0 amide bonds. The van der Waals surface area contributed by atoms with Gasteiger partial charge < -0.3 is 14.8 Å². The van der Waals surface area contributed by atoms with Crippen molar-refractivity contribution in [1.29, 1.82) is 0 Å². The van der Waals surface area contributed by atoms with Gasteiger partial charge in [-0.25, -0.2) is 4.39 Å². The molecule has 0 aliphatic heterocycles. The van der Waals surface area contributed by atoms with Gasteiger partial charge in [0.05, 0.1) is 5.82 Å². The molecule has 2 aromatic rings. The van der Waals surface area contributed by atoms with Crippen LogP contribution in [0.15, 0.2) is 36.4 Å². The van der Waals surface area contributed by atoms with E-state index in [1.54, 1.807) is 12.1 Å². The van der Waals surface area contributed by atoms with Crippen LogP contribution in [0.5, 0.6) is 5.75 Å². The standard InChI is InChI=1S/C7H4FOS.C6H4BCl2O2.Au/c8-6-3-1-2-4-7(6)9-5-10;8-4-1-2-5(7(10)11)6(9)3-4;/h1-4H;2-3,10-11H;/q2*-1;. The zero-order valence-electron chi connectivity index (χ0n) is 10.7. The minimum atomic E-state index is -1.57. The number of para-hydroxylation sites is 1. The van der Waals surface area contributed by atoms with Crippen LogP contribution in [0.25, 0.3) is 0 Å². The normalized spacial score (nSPS) is 8.95. The van der Waals surface area contributed by atoms with Crippen molar-refractivity contribution in [2.45, 2.75) is 0 Å². The average Bonchev–Trinajstić information content (AvgIpc) is 2.42.